The molecule has 2 nitrogen and oxygen atoms in total. The highest BCUT2D eigenvalue weighted by atomic mass is 16.5. The summed E-state index contributed by atoms with van der Waals surface area (Å²) in [6, 6.07) is 5.15. The highest BCUT2D eigenvalue weighted by molar-refractivity contribution is 5.38. The molecule has 0 amide bonds. The van der Waals surface area contributed by atoms with Crippen LogP contribution in [0.5, 0.6) is 11.5 Å². The largest absolute Gasteiger partial charge is 0.508 e. The van der Waals surface area contributed by atoms with Crippen LogP contribution in [-0.2, 0) is 6.42 Å². The number of phenolic OH excluding ortho intramolecular Hbond substituents is 1. The molecule has 1 aromatic carbocycles. The van der Waals surface area contributed by atoms with E-state index >= 15 is 0 Å². The van der Waals surface area contributed by atoms with Crippen molar-refractivity contribution in [2.75, 3.05) is 7.11 Å². The molecule has 0 saturated carbocycles. The first-order valence-corrected chi connectivity index (χ1v) is 3.74. The van der Waals surface area contributed by atoms with E-state index in [0.29, 0.717) is 5.75 Å². The van der Waals surface area contributed by atoms with Gasteiger partial charge in [0.05, 0.1) is 7.11 Å². The Morgan fingerprint density at radius 3 is 2.83 bits per heavy atom. The molecule has 0 atom stereocenters. The third-order valence-electron chi connectivity index (χ3n) is 1.57. The fourth-order valence-electron chi connectivity index (χ4n) is 1.05. The number of rotatable bonds is 3. The molecule has 0 radical (unpaired) electrons. The van der Waals surface area contributed by atoms with Crippen LogP contribution in [0.15, 0.2) is 30.9 Å². The van der Waals surface area contributed by atoms with Crippen molar-refractivity contribution in [2.24, 2.45) is 0 Å². The number of methoxy groups -OCH3 is 1. The molecule has 0 aliphatic heterocycles. The number of benzene rings is 1. The van der Waals surface area contributed by atoms with Crippen molar-refractivity contribution in [3.63, 3.8) is 0 Å². The zero-order valence-electron chi connectivity index (χ0n) is 7.08. The minimum atomic E-state index is 0.228. The van der Waals surface area contributed by atoms with Gasteiger partial charge in [-0.15, -0.1) is 6.58 Å². The molecule has 1 aromatic rings. The van der Waals surface area contributed by atoms with Crippen LogP contribution < -0.4 is 4.74 Å². The van der Waals surface area contributed by atoms with E-state index in [9.17, 15) is 5.11 Å². The van der Waals surface area contributed by atoms with E-state index < -0.39 is 0 Å². The predicted octanol–water partition coefficient (Wildman–Crippen LogP) is 2.13. The molecular weight excluding hydrogens is 152 g/mol. The molecule has 0 saturated heterocycles. The van der Waals surface area contributed by atoms with Crippen LogP contribution in [0.4, 0.5) is 0 Å². The molecule has 64 valence electrons. The quantitative estimate of drug-likeness (QED) is 0.693. The second-order valence-corrected chi connectivity index (χ2v) is 2.53. The SMILES string of the molecule is C=CCc1cc(O)cc(OC)c1. The first-order valence-electron chi connectivity index (χ1n) is 3.74. The van der Waals surface area contributed by atoms with E-state index in [1.807, 2.05) is 6.07 Å². The highest BCUT2D eigenvalue weighted by Crippen LogP contribution is 2.21. The van der Waals surface area contributed by atoms with Gasteiger partial charge in [-0.25, -0.2) is 0 Å². The first kappa shape index (κ1) is 8.65. The van der Waals surface area contributed by atoms with Crippen LogP contribution in [0.1, 0.15) is 5.56 Å². The normalized spacial score (nSPS) is 9.42. The van der Waals surface area contributed by atoms with Gasteiger partial charge in [-0.1, -0.05) is 6.08 Å². The van der Waals surface area contributed by atoms with Gasteiger partial charge in [-0.3, -0.25) is 0 Å². The van der Waals surface area contributed by atoms with Gasteiger partial charge in [-0.05, 0) is 24.1 Å². The Labute approximate surface area is 72.1 Å². The van der Waals surface area contributed by atoms with Crippen LogP contribution >= 0.6 is 0 Å². The summed E-state index contributed by atoms with van der Waals surface area (Å²) in [5, 5.41) is 9.24. The second-order valence-electron chi connectivity index (χ2n) is 2.53. The minimum absolute atomic E-state index is 0.228. The van der Waals surface area contributed by atoms with Gasteiger partial charge in [0.25, 0.3) is 0 Å². The lowest BCUT2D eigenvalue weighted by molar-refractivity contribution is 0.407. The van der Waals surface area contributed by atoms with Crippen LogP contribution in [0.2, 0.25) is 0 Å². The fourth-order valence-corrected chi connectivity index (χ4v) is 1.05. The number of hydrogen-bond acceptors (Lipinski definition) is 2. The van der Waals surface area contributed by atoms with Crippen molar-refractivity contribution >= 4 is 0 Å². The first-order chi connectivity index (χ1) is 5.76. The monoisotopic (exact) mass is 164 g/mol. The molecule has 0 aliphatic carbocycles. The zero-order chi connectivity index (χ0) is 8.97. The van der Waals surface area contributed by atoms with Crippen LogP contribution in [0.25, 0.3) is 0 Å². The number of ether oxygens (including phenoxy) is 1. The third-order valence-corrected chi connectivity index (χ3v) is 1.57. The van der Waals surface area contributed by atoms with Gasteiger partial charge in [0, 0.05) is 6.07 Å². The molecule has 0 aliphatic rings. The smallest absolute Gasteiger partial charge is 0.122 e. The Bertz CT molecular complexity index is 279. The van der Waals surface area contributed by atoms with E-state index in [-0.39, 0.29) is 5.75 Å². The predicted molar refractivity (Wildman–Crippen MR) is 48.6 cm³/mol. The molecule has 0 fully saturated rings. The van der Waals surface area contributed by atoms with Crippen molar-refractivity contribution < 1.29 is 9.84 Å². The molecule has 0 bridgehead atoms. The number of hydrogen-bond donors (Lipinski definition) is 1. The maximum atomic E-state index is 9.24. The number of phenols is 1. The summed E-state index contributed by atoms with van der Waals surface area (Å²) in [6.45, 7) is 3.62. The Morgan fingerprint density at radius 2 is 2.25 bits per heavy atom. The van der Waals surface area contributed by atoms with Gasteiger partial charge in [0.2, 0.25) is 0 Å². The molecule has 0 aromatic heterocycles. The topological polar surface area (TPSA) is 29.5 Å². The van der Waals surface area contributed by atoms with Gasteiger partial charge < -0.3 is 9.84 Å². The van der Waals surface area contributed by atoms with Crippen LogP contribution in [0, 0.1) is 0 Å². The lowest BCUT2D eigenvalue weighted by atomic mass is 10.1. The zero-order valence-corrected chi connectivity index (χ0v) is 7.08. The van der Waals surface area contributed by atoms with E-state index in [2.05, 4.69) is 6.58 Å². The average molecular weight is 164 g/mol. The Morgan fingerprint density at radius 1 is 1.50 bits per heavy atom. The lowest BCUT2D eigenvalue weighted by Gasteiger charge is -2.03. The second kappa shape index (κ2) is 3.81. The van der Waals surface area contributed by atoms with Crippen molar-refractivity contribution in [3.8, 4) is 11.5 Å². The molecule has 0 heterocycles. The van der Waals surface area contributed by atoms with Crippen LogP contribution in [-0.4, -0.2) is 12.2 Å². The molecule has 1 rings (SSSR count). The maximum absolute atomic E-state index is 9.24. The van der Waals surface area contributed by atoms with E-state index in [1.165, 1.54) is 0 Å². The van der Waals surface area contributed by atoms with Crippen molar-refractivity contribution in [1.29, 1.82) is 0 Å². The van der Waals surface area contributed by atoms with Gasteiger partial charge in [0.15, 0.2) is 0 Å². The summed E-state index contributed by atoms with van der Waals surface area (Å²) in [7, 11) is 1.58. The summed E-state index contributed by atoms with van der Waals surface area (Å²) >= 11 is 0. The Kier molecular flexibility index (Phi) is 2.75. The Balaban J connectivity index is 2.97. The van der Waals surface area contributed by atoms with Crippen molar-refractivity contribution in [3.05, 3.63) is 36.4 Å². The standard InChI is InChI=1S/C10H12O2/c1-3-4-8-5-9(11)7-10(6-8)12-2/h3,5-7,11H,1,4H2,2H3. The molecule has 2 heteroatoms. The van der Waals surface area contributed by atoms with Crippen molar-refractivity contribution in [1.82, 2.24) is 0 Å². The summed E-state index contributed by atoms with van der Waals surface area (Å²) in [4.78, 5) is 0. The van der Waals surface area contributed by atoms with Crippen LogP contribution in [0.3, 0.4) is 0 Å². The summed E-state index contributed by atoms with van der Waals surface area (Å²) < 4.78 is 4.99. The van der Waals surface area contributed by atoms with E-state index in [0.717, 1.165) is 12.0 Å². The Hall–Kier alpha value is -1.44. The molecular formula is C10H12O2. The fraction of sp³-hybridized carbons (Fsp3) is 0.200. The lowest BCUT2D eigenvalue weighted by Crippen LogP contribution is -1.86. The summed E-state index contributed by atoms with van der Waals surface area (Å²) in [5.74, 6) is 0.901. The van der Waals surface area contributed by atoms with Gasteiger partial charge in [0.1, 0.15) is 11.5 Å². The van der Waals surface area contributed by atoms with Gasteiger partial charge >= 0.3 is 0 Å². The minimum Gasteiger partial charge on any atom is -0.508 e. The molecule has 0 unspecified atom stereocenters. The van der Waals surface area contributed by atoms with E-state index in [1.54, 1.807) is 25.3 Å². The third kappa shape index (κ3) is 2.02. The molecule has 0 spiro atoms. The maximum Gasteiger partial charge on any atom is 0.122 e. The average Bonchev–Trinajstić information content (AvgIpc) is 2.04. The summed E-state index contributed by atoms with van der Waals surface area (Å²) in [5.41, 5.74) is 1.00. The highest BCUT2D eigenvalue weighted by Gasteiger charge is 1.97. The molecule has 12 heavy (non-hydrogen) atoms. The summed E-state index contributed by atoms with van der Waals surface area (Å²) in [6.07, 6.45) is 2.53. The van der Waals surface area contributed by atoms with E-state index in [4.69, 9.17) is 4.74 Å². The van der Waals surface area contributed by atoms with Gasteiger partial charge in [-0.2, -0.15) is 0 Å². The number of allylic oxidation sites excluding steroid dienone is 1. The molecule has 1 N–H and O–H groups in total. The van der Waals surface area contributed by atoms with Crippen molar-refractivity contribution in [2.45, 2.75) is 6.42 Å². The number of aromatic hydroxyl groups is 1.